The van der Waals surface area contributed by atoms with Gasteiger partial charge in [-0.15, -0.1) is 6.58 Å². The van der Waals surface area contributed by atoms with Crippen molar-refractivity contribution in [1.29, 1.82) is 10.8 Å². The molecule has 6 heteroatoms. The molecule has 0 saturated heterocycles. The summed E-state index contributed by atoms with van der Waals surface area (Å²) in [7, 11) is 0. The average molecular weight is 419 g/mol. The van der Waals surface area contributed by atoms with Gasteiger partial charge < -0.3 is 10.2 Å². The SMILES string of the molecule is C=CCC(/C=C(\C)NC(=C)CC=C(C)c1cnc(C2CC2)nc1)C(=N)N(C=N)C1CC1. The molecule has 1 unspecified atom stereocenters. The molecule has 1 heterocycles. The minimum atomic E-state index is -0.112. The Morgan fingerprint density at radius 2 is 1.94 bits per heavy atom. The fourth-order valence-corrected chi connectivity index (χ4v) is 3.52. The Hall–Kier alpha value is -3.02. The van der Waals surface area contributed by atoms with Crippen LogP contribution in [0, 0.1) is 16.7 Å². The van der Waals surface area contributed by atoms with Gasteiger partial charge in [0.05, 0.1) is 6.34 Å². The molecule has 164 valence electrons. The van der Waals surface area contributed by atoms with Gasteiger partial charge in [0.2, 0.25) is 0 Å². The Bertz CT molecular complexity index is 887. The van der Waals surface area contributed by atoms with Crippen molar-refractivity contribution in [1.82, 2.24) is 20.2 Å². The summed E-state index contributed by atoms with van der Waals surface area (Å²) in [4.78, 5) is 10.8. The summed E-state index contributed by atoms with van der Waals surface area (Å²) in [5, 5.41) is 19.5. The van der Waals surface area contributed by atoms with E-state index in [-0.39, 0.29) is 5.92 Å². The number of hydrogen-bond donors (Lipinski definition) is 3. The lowest BCUT2D eigenvalue weighted by Gasteiger charge is -2.24. The lowest BCUT2D eigenvalue weighted by molar-refractivity contribution is 0.567. The lowest BCUT2D eigenvalue weighted by Crippen LogP contribution is -2.35. The summed E-state index contributed by atoms with van der Waals surface area (Å²) in [6.45, 7) is 12.0. The summed E-state index contributed by atoms with van der Waals surface area (Å²) in [6, 6.07) is 0.310. The van der Waals surface area contributed by atoms with Crippen LogP contribution in [0.3, 0.4) is 0 Å². The van der Waals surface area contributed by atoms with Gasteiger partial charge in [-0.3, -0.25) is 10.8 Å². The molecule has 2 saturated carbocycles. The van der Waals surface area contributed by atoms with E-state index >= 15 is 0 Å². The molecular formula is C25H34N6. The maximum Gasteiger partial charge on any atom is 0.131 e. The van der Waals surface area contributed by atoms with Gasteiger partial charge >= 0.3 is 0 Å². The summed E-state index contributed by atoms with van der Waals surface area (Å²) in [5.74, 6) is 1.87. The van der Waals surface area contributed by atoms with Crippen LogP contribution in [0.25, 0.3) is 5.57 Å². The van der Waals surface area contributed by atoms with E-state index in [1.165, 1.54) is 19.2 Å². The van der Waals surface area contributed by atoms with Crippen LogP contribution in [0.4, 0.5) is 0 Å². The van der Waals surface area contributed by atoms with E-state index in [2.05, 4.69) is 41.4 Å². The molecule has 0 aromatic carbocycles. The van der Waals surface area contributed by atoms with Crippen LogP contribution in [0.1, 0.15) is 69.7 Å². The van der Waals surface area contributed by atoms with Crippen LogP contribution in [0.5, 0.6) is 0 Å². The van der Waals surface area contributed by atoms with Crippen molar-refractivity contribution in [2.24, 2.45) is 5.92 Å². The highest BCUT2D eigenvalue weighted by Gasteiger charge is 2.31. The molecule has 0 spiro atoms. The highest BCUT2D eigenvalue weighted by Crippen LogP contribution is 2.37. The summed E-state index contributed by atoms with van der Waals surface area (Å²) in [6.07, 6.45) is 17.0. The van der Waals surface area contributed by atoms with Crippen LogP contribution in [0.2, 0.25) is 0 Å². The highest BCUT2D eigenvalue weighted by molar-refractivity contribution is 5.92. The first-order valence-electron chi connectivity index (χ1n) is 11.0. The van der Waals surface area contributed by atoms with E-state index in [1.54, 1.807) is 4.90 Å². The molecule has 1 atom stereocenters. The molecule has 0 amide bonds. The summed E-state index contributed by atoms with van der Waals surface area (Å²) < 4.78 is 0. The number of aromatic nitrogens is 2. The first-order valence-corrected chi connectivity index (χ1v) is 11.0. The van der Waals surface area contributed by atoms with Crippen molar-refractivity contribution >= 4 is 17.7 Å². The fourth-order valence-electron chi connectivity index (χ4n) is 3.52. The second kappa shape index (κ2) is 10.3. The molecule has 3 N–H and O–H groups in total. The van der Waals surface area contributed by atoms with Gasteiger partial charge in [-0.25, -0.2) is 9.97 Å². The second-order valence-corrected chi connectivity index (χ2v) is 8.56. The van der Waals surface area contributed by atoms with Crippen molar-refractivity contribution < 1.29 is 0 Å². The molecule has 2 aliphatic rings. The Morgan fingerprint density at radius 3 is 2.48 bits per heavy atom. The van der Waals surface area contributed by atoms with Crippen LogP contribution >= 0.6 is 0 Å². The minimum absolute atomic E-state index is 0.112. The largest absolute Gasteiger partial charge is 0.363 e. The van der Waals surface area contributed by atoms with E-state index in [4.69, 9.17) is 10.8 Å². The van der Waals surface area contributed by atoms with Gasteiger partial charge in [0.15, 0.2) is 0 Å². The van der Waals surface area contributed by atoms with E-state index in [0.717, 1.165) is 41.2 Å². The van der Waals surface area contributed by atoms with Crippen molar-refractivity contribution in [2.45, 2.75) is 64.3 Å². The van der Waals surface area contributed by atoms with Crippen LogP contribution in [-0.4, -0.2) is 33.1 Å². The first-order chi connectivity index (χ1) is 14.9. The van der Waals surface area contributed by atoms with Gasteiger partial charge in [-0.05, 0) is 51.5 Å². The molecule has 31 heavy (non-hydrogen) atoms. The van der Waals surface area contributed by atoms with Gasteiger partial charge in [0, 0.05) is 53.6 Å². The van der Waals surface area contributed by atoms with Gasteiger partial charge in [0.25, 0.3) is 0 Å². The quantitative estimate of drug-likeness (QED) is 0.241. The number of hydrogen-bond acceptors (Lipinski definition) is 5. The maximum atomic E-state index is 8.54. The zero-order valence-electron chi connectivity index (χ0n) is 18.7. The molecule has 0 radical (unpaired) electrons. The smallest absolute Gasteiger partial charge is 0.131 e. The lowest BCUT2D eigenvalue weighted by atomic mass is 10.0. The van der Waals surface area contributed by atoms with Gasteiger partial charge in [-0.2, -0.15) is 0 Å². The maximum absolute atomic E-state index is 8.54. The number of allylic oxidation sites excluding steroid dienone is 4. The predicted octanol–water partition coefficient (Wildman–Crippen LogP) is 5.40. The fraction of sp³-hybridized carbons (Fsp3) is 0.440. The zero-order valence-corrected chi connectivity index (χ0v) is 18.7. The van der Waals surface area contributed by atoms with Crippen LogP contribution in [0.15, 0.2) is 55.2 Å². The first kappa shape index (κ1) is 22.7. The third kappa shape index (κ3) is 6.48. The minimum Gasteiger partial charge on any atom is -0.363 e. The molecule has 1 aromatic heterocycles. The Labute approximate surface area is 185 Å². The molecule has 0 bridgehead atoms. The van der Waals surface area contributed by atoms with E-state index < -0.39 is 0 Å². The third-order valence-corrected chi connectivity index (χ3v) is 5.68. The number of nitrogens with zero attached hydrogens (tertiary/aromatic N) is 3. The number of amidine groups is 1. The van der Waals surface area contributed by atoms with E-state index in [9.17, 15) is 0 Å². The van der Waals surface area contributed by atoms with E-state index in [1.807, 2.05) is 31.5 Å². The van der Waals surface area contributed by atoms with Crippen LogP contribution < -0.4 is 5.32 Å². The number of rotatable bonds is 12. The molecule has 0 aliphatic heterocycles. The Balaban J connectivity index is 1.56. The van der Waals surface area contributed by atoms with Crippen molar-refractivity contribution in [2.75, 3.05) is 0 Å². The van der Waals surface area contributed by atoms with Gasteiger partial charge in [0.1, 0.15) is 11.7 Å². The summed E-state index contributed by atoms with van der Waals surface area (Å²) >= 11 is 0. The van der Waals surface area contributed by atoms with Crippen molar-refractivity contribution in [3.05, 3.63) is 66.6 Å². The monoisotopic (exact) mass is 418 g/mol. The Kier molecular flexibility index (Phi) is 7.55. The number of nitrogens with one attached hydrogen (secondary N) is 3. The molecular weight excluding hydrogens is 384 g/mol. The molecule has 6 nitrogen and oxygen atoms in total. The second-order valence-electron chi connectivity index (χ2n) is 8.56. The average Bonchev–Trinajstić information content (AvgIpc) is 3.65. The van der Waals surface area contributed by atoms with Crippen molar-refractivity contribution in [3.8, 4) is 0 Å². The van der Waals surface area contributed by atoms with Gasteiger partial charge in [-0.1, -0.05) is 24.8 Å². The van der Waals surface area contributed by atoms with Crippen LogP contribution in [-0.2, 0) is 0 Å². The normalized spacial score (nSPS) is 17.6. The Morgan fingerprint density at radius 1 is 1.26 bits per heavy atom. The molecule has 2 aliphatic carbocycles. The predicted molar refractivity (Wildman–Crippen MR) is 128 cm³/mol. The molecule has 2 fully saturated rings. The van der Waals surface area contributed by atoms with Crippen molar-refractivity contribution in [3.63, 3.8) is 0 Å². The molecule has 3 rings (SSSR count). The standard InChI is InChI=1S/C25H34N6/c1-5-6-21(24(27)31(16-26)23-11-12-23)13-19(4)30-18(3)8-7-17(2)22-14-28-25(29-15-22)20-9-10-20/h5,7,13-16,20-21,23,26-27,30H,1,3,6,8-12H2,2,4H3/b17-7?,19-13+,26-16?,27-24?. The highest BCUT2D eigenvalue weighted by atomic mass is 15.2. The third-order valence-electron chi connectivity index (χ3n) is 5.68. The zero-order chi connectivity index (χ0) is 22.4. The summed E-state index contributed by atoms with van der Waals surface area (Å²) in [5.41, 5.74) is 4.00. The molecule has 1 aromatic rings. The topological polar surface area (TPSA) is 88.8 Å². The van der Waals surface area contributed by atoms with E-state index in [0.29, 0.717) is 30.6 Å².